The molecule has 27 heavy (non-hydrogen) atoms. The van der Waals surface area contributed by atoms with Crippen LogP contribution in [0, 0.1) is 6.92 Å². The molecular weight excluding hydrogens is 342 g/mol. The van der Waals surface area contributed by atoms with Gasteiger partial charge in [-0.1, -0.05) is 30.3 Å². The molecule has 5 nitrogen and oxygen atoms in total. The van der Waals surface area contributed by atoms with Crippen molar-refractivity contribution in [2.75, 3.05) is 13.7 Å². The molecule has 1 saturated carbocycles. The van der Waals surface area contributed by atoms with Gasteiger partial charge in [-0.3, -0.25) is 4.79 Å². The zero-order chi connectivity index (χ0) is 19.3. The number of aryl methyl sites for hydroxylation is 3. The van der Waals surface area contributed by atoms with Crippen LogP contribution < -0.4 is 10.9 Å². The van der Waals surface area contributed by atoms with Gasteiger partial charge in [0.1, 0.15) is 11.3 Å². The van der Waals surface area contributed by atoms with Crippen LogP contribution in [0.25, 0.3) is 0 Å². The number of methoxy groups -OCH3 is 1. The lowest BCUT2D eigenvalue weighted by Crippen LogP contribution is -2.40. The summed E-state index contributed by atoms with van der Waals surface area (Å²) in [4.78, 5) is 25.0. The SMILES string of the molecule is COCCC1(NC(=O)c2c(C)cc(CCCc3ccccc3)oc2=O)CC1. The van der Waals surface area contributed by atoms with Crippen molar-refractivity contribution in [3.05, 3.63) is 69.3 Å². The molecule has 3 rings (SSSR count). The van der Waals surface area contributed by atoms with E-state index in [0.29, 0.717) is 24.4 Å². The van der Waals surface area contributed by atoms with Gasteiger partial charge in [0.25, 0.3) is 5.91 Å². The molecule has 1 heterocycles. The van der Waals surface area contributed by atoms with E-state index in [0.717, 1.165) is 32.1 Å². The summed E-state index contributed by atoms with van der Waals surface area (Å²) >= 11 is 0. The maximum Gasteiger partial charge on any atom is 0.349 e. The van der Waals surface area contributed by atoms with E-state index in [1.807, 2.05) is 24.3 Å². The lowest BCUT2D eigenvalue weighted by atomic mass is 10.0. The van der Waals surface area contributed by atoms with E-state index in [1.165, 1.54) is 5.56 Å². The second-order valence-corrected chi connectivity index (χ2v) is 7.37. The third-order valence-electron chi connectivity index (χ3n) is 5.18. The standard InChI is InChI=1S/C22H27NO4/c1-16-15-18(10-6-9-17-7-4-3-5-8-17)27-21(25)19(16)20(24)23-22(11-12-22)13-14-26-2/h3-5,7-8,15H,6,9-14H2,1-2H3,(H,23,24). The lowest BCUT2D eigenvalue weighted by Gasteiger charge is -2.17. The van der Waals surface area contributed by atoms with Crippen LogP contribution in [0.5, 0.6) is 0 Å². The normalized spacial score (nSPS) is 14.7. The van der Waals surface area contributed by atoms with Crippen molar-refractivity contribution in [2.45, 2.75) is 51.0 Å². The average molecular weight is 369 g/mol. The molecule has 0 radical (unpaired) electrons. The minimum absolute atomic E-state index is 0.116. The Bertz CT molecular complexity index is 837. The van der Waals surface area contributed by atoms with Crippen LogP contribution >= 0.6 is 0 Å². The molecule has 1 aliphatic rings. The third-order valence-corrected chi connectivity index (χ3v) is 5.18. The zero-order valence-corrected chi connectivity index (χ0v) is 16.0. The molecule has 1 amide bonds. The highest BCUT2D eigenvalue weighted by molar-refractivity contribution is 5.95. The summed E-state index contributed by atoms with van der Waals surface area (Å²) in [5.41, 5.74) is 1.27. The van der Waals surface area contributed by atoms with Gasteiger partial charge in [0.15, 0.2) is 0 Å². The minimum atomic E-state index is -0.551. The summed E-state index contributed by atoms with van der Waals surface area (Å²) in [7, 11) is 1.65. The maximum absolute atomic E-state index is 12.6. The molecule has 5 heteroatoms. The number of nitrogens with one attached hydrogen (secondary N) is 1. The fourth-order valence-corrected chi connectivity index (χ4v) is 3.37. The molecule has 0 unspecified atom stereocenters. The van der Waals surface area contributed by atoms with E-state index in [4.69, 9.17) is 9.15 Å². The second kappa shape index (κ2) is 8.53. The Labute approximate surface area is 159 Å². The fraction of sp³-hybridized carbons (Fsp3) is 0.455. The van der Waals surface area contributed by atoms with Gasteiger partial charge in [0.05, 0.1) is 0 Å². The smallest absolute Gasteiger partial charge is 0.349 e. The number of carbonyl (C=O) groups is 1. The number of hydrogen-bond donors (Lipinski definition) is 1. The van der Waals surface area contributed by atoms with Crippen LogP contribution in [0.15, 0.2) is 45.6 Å². The fourth-order valence-electron chi connectivity index (χ4n) is 3.37. The van der Waals surface area contributed by atoms with Gasteiger partial charge in [0.2, 0.25) is 0 Å². The van der Waals surface area contributed by atoms with Crippen LogP contribution in [-0.4, -0.2) is 25.2 Å². The summed E-state index contributed by atoms with van der Waals surface area (Å²) in [5, 5.41) is 3.01. The van der Waals surface area contributed by atoms with Crippen molar-refractivity contribution in [3.8, 4) is 0 Å². The van der Waals surface area contributed by atoms with Crippen molar-refractivity contribution in [1.29, 1.82) is 0 Å². The average Bonchev–Trinajstić information content (AvgIpc) is 3.40. The first-order valence-corrected chi connectivity index (χ1v) is 9.52. The highest BCUT2D eigenvalue weighted by Crippen LogP contribution is 2.38. The molecule has 0 saturated heterocycles. The molecule has 0 atom stereocenters. The second-order valence-electron chi connectivity index (χ2n) is 7.37. The van der Waals surface area contributed by atoms with Crippen molar-refractivity contribution in [2.24, 2.45) is 0 Å². The number of carbonyl (C=O) groups excluding carboxylic acids is 1. The number of ether oxygens (including phenoxy) is 1. The Morgan fingerprint density at radius 2 is 1.96 bits per heavy atom. The molecule has 1 aromatic carbocycles. The van der Waals surface area contributed by atoms with Crippen LogP contribution in [0.3, 0.4) is 0 Å². The molecule has 1 aliphatic carbocycles. The molecule has 144 valence electrons. The van der Waals surface area contributed by atoms with Gasteiger partial charge in [-0.25, -0.2) is 4.79 Å². The Hall–Kier alpha value is -2.40. The van der Waals surface area contributed by atoms with Crippen molar-refractivity contribution < 1.29 is 13.9 Å². The van der Waals surface area contributed by atoms with E-state index in [1.54, 1.807) is 14.0 Å². The maximum atomic E-state index is 12.6. The van der Waals surface area contributed by atoms with Gasteiger partial charge < -0.3 is 14.5 Å². The van der Waals surface area contributed by atoms with Crippen LogP contribution in [0.1, 0.15) is 52.9 Å². The number of hydrogen-bond acceptors (Lipinski definition) is 4. The summed E-state index contributed by atoms with van der Waals surface area (Å²) in [6.45, 7) is 2.38. The van der Waals surface area contributed by atoms with E-state index < -0.39 is 5.63 Å². The highest BCUT2D eigenvalue weighted by Gasteiger charge is 2.44. The van der Waals surface area contributed by atoms with E-state index in [2.05, 4.69) is 17.4 Å². The van der Waals surface area contributed by atoms with Crippen LogP contribution in [-0.2, 0) is 17.6 Å². The molecule has 0 aliphatic heterocycles. The van der Waals surface area contributed by atoms with E-state index in [9.17, 15) is 9.59 Å². The van der Waals surface area contributed by atoms with Gasteiger partial charge in [-0.2, -0.15) is 0 Å². The highest BCUT2D eigenvalue weighted by atomic mass is 16.5. The Kier molecular flexibility index (Phi) is 6.11. The van der Waals surface area contributed by atoms with E-state index in [-0.39, 0.29) is 17.0 Å². The summed E-state index contributed by atoms with van der Waals surface area (Å²) in [5.74, 6) is 0.288. The third kappa shape index (κ3) is 5.07. The molecule has 2 aromatic rings. The topological polar surface area (TPSA) is 68.5 Å². The summed E-state index contributed by atoms with van der Waals surface area (Å²) in [6, 6.07) is 12.0. The first-order chi connectivity index (χ1) is 13.0. The zero-order valence-electron chi connectivity index (χ0n) is 16.0. The Balaban J connectivity index is 1.62. The predicted octanol–water partition coefficient (Wildman–Crippen LogP) is 3.42. The Morgan fingerprint density at radius 1 is 1.22 bits per heavy atom. The van der Waals surface area contributed by atoms with Gasteiger partial charge in [-0.15, -0.1) is 0 Å². The number of amides is 1. The van der Waals surface area contributed by atoms with Crippen molar-refractivity contribution >= 4 is 5.91 Å². The molecule has 0 spiro atoms. The summed E-state index contributed by atoms with van der Waals surface area (Å²) < 4.78 is 10.5. The first kappa shape index (κ1) is 19.4. The largest absolute Gasteiger partial charge is 0.427 e. The predicted molar refractivity (Wildman–Crippen MR) is 104 cm³/mol. The van der Waals surface area contributed by atoms with Crippen LogP contribution in [0.4, 0.5) is 0 Å². The van der Waals surface area contributed by atoms with Gasteiger partial charge in [-0.05, 0) is 56.2 Å². The minimum Gasteiger partial charge on any atom is -0.427 e. The van der Waals surface area contributed by atoms with Crippen molar-refractivity contribution in [1.82, 2.24) is 5.32 Å². The molecule has 1 N–H and O–H groups in total. The van der Waals surface area contributed by atoms with Crippen LogP contribution in [0.2, 0.25) is 0 Å². The quantitative estimate of drug-likeness (QED) is 0.735. The Morgan fingerprint density at radius 3 is 2.59 bits per heavy atom. The molecule has 1 aromatic heterocycles. The van der Waals surface area contributed by atoms with E-state index >= 15 is 0 Å². The van der Waals surface area contributed by atoms with Gasteiger partial charge >= 0.3 is 5.63 Å². The molecule has 1 fully saturated rings. The summed E-state index contributed by atoms with van der Waals surface area (Å²) in [6.07, 6.45) is 5.09. The molecular formula is C22H27NO4. The first-order valence-electron chi connectivity index (χ1n) is 9.52. The van der Waals surface area contributed by atoms with Crippen molar-refractivity contribution in [3.63, 3.8) is 0 Å². The lowest BCUT2D eigenvalue weighted by molar-refractivity contribution is 0.0912. The number of benzene rings is 1. The monoisotopic (exact) mass is 369 g/mol. The number of rotatable bonds is 9. The molecule has 0 bridgehead atoms. The van der Waals surface area contributed by atoms with Gasteiger partial charge in [0, 0.05) is 25.7 Å².